The molecule has 1 aliphatic carbocycles. The normalized spacial score (nSPS) is 22.4. The SMILES string of the molecule is O=C(Nc1ccc(F)c(Cl)c1)NC1CCC(CO)CC1. The highest BCUT2D eigenvalue weighted by molar-refractivity contribution is 6.31. The van der Waals surface area contributed by atoms with Gasteiger partial charge in [-0.1, -0.05) is 11.6 Å². The summed E-state index contributed by atoms with van der Waals surface area (Å²) in [5.41, 5.74) is 0.456. The molecule has 6 heteroatoms. The molecule has 1 fully saturated rings. The molecule has 0 atom stereocenters. The third-order valence-corrected chi connectivity index (χ3v) is 3.91. The number of amides is 2. The van der Waals surface area contributed by atoms with Gasteiger partial charge < -0.3 is 15.7 Å². The van der Waals surface area contributed by atoms with Crippen LogP contribution < -0.4 is 10.6 Å². The van der Waals surface area contributed by atoms with E-state index in [-0.39, 0.29) is 23.7 Å². The molecule has 1 aromatic rings. The molecular formula is C14H18ClFN2O2. The van der Waals surface area contributed by atoms with E-state index in [0.29, 0.717) is 11.6 Å². The molecule has 110 valence electrons. The molecular weight excluding hydrogens is 283 g/mol. The first-order valence-electron chi connectivity index (χ1n) is 6.72. The number of carbonyl (C=O) groups excluding carboxylic acids is 1. The van der Waals surface area contributed by atoms with Crippen molar-refractivity contribution >= 4 is 23.3 Å². The minimum atomic E-state index is -0.514. The molecule has 0 unspecified atom stereocenters. The van der Waals surface area contributed by atoms with Gasteiger partial charge in [-0.05, 0) is 49.8 Å². The number of urea groups is 1. The Hall–Kier alpha value is -1.33. The van der Waals surface area contributed by atoms with Crippen molar-refractivity contribution < 1.29 is 14.3 Å². The fourth-order valence-electron chi connectivity index (χ4n) is 2.42. The van der Waals surface area contributed by atoms with Gasteiger partial charge in [-0.15, -0.1) is 0 Å². The Morgan fingerprint density at radius 3 is 2.65 bits per heavy atom. The lowest BCUT2D eigenvalue weighted by Crippen LogP contribution is -2.40. The van der Waals surface area contributed by atoms with Crippen LogP contribution in [0.1, 0.15) is 25.7 Å². The highest BCUT2D eigenvalue weighted by atomic mass is 35.5. The fraction of sp³-hybridized carbons (Fsp3) is 0.500. The number of anilines is 1. The molecule has 0 aromatic heterocycles. The van der Waals surface area contributed by atoms with Crippen LogP contribution in [0.5, 0.6) is 0 Å². The summed E-state index contributed by atoms with van der Waals surface area (Å²) in [7, 11) is 0. The Morgan fingerprint density at radius 2 is 2.05 bits per heavy atom. The first-order valence-corrected chi connectivity index (χ1v) is 7.09. The van der Waals surface area contributed by atoms with Crippen LogP contribution in [-0.4, -0.2) is 23.8 Å². The Balaban J connectivity index is 1.82. The molecule has 0 aliphatic heterocycles. The molecule has 4 nitrogen and oxygen atoms in total. The Kier molecular flexibility index (Phi) is 5.20. The molecule has 1 aliphatic rings. The number of aliphatic hydroxyl groups is 1. The van der Waals surface area contributed by atoms with Gasteiger partial charge in [0.2, 0.25) is 0 Å². The zero-order valence-electron chi connectivity index (χ0n) is 11.0. The lowest BCUT2D eigenvalue weighted by Gasteiger charge is -2.27. The van der Waals surface area contributed by atoms with Crippen LogP contribution in [0.15, 0.2) is 18.2 Å². The van der Waals surface area contributed by atoms with E-state index in [0.717, 1.165) is 25.7 Å². The molecule has 1 saturated carbocycles. The standard InChI is InChI=1S/C14H18ClFN2O2/c15-12-7-11(5-6-13(12)16)18-14(20)17-10-3-1-9(8-19)2-4-10/h5-7,9-10,19H,1-4,8H2,(H2,17,18,20). The number of hydrogen-bond acceptors (Lipinski definition) is 2. The average Bonchev–Trinajstić information content (AvgIpc) is 2.44. The first-order chi connectivity index (χ1) is 9.58. The zero-order valence-corrected chi connectivity index (χ0v) is 11.8. The van der Waals surface area contributed by atoms with Crippen molar-refractivity contribution in [2.24, 2.45) is 5.92 Å². The second kappa shape index (κ2) is 6.90. The summed E-state index contributed by atoms with van der Waals surface area (Å²) in [5, 5.41) is 14.5. The lowest BCUT2D eigenvalue weighted by atomic mass is 9.87. The summed E-state index contributed by atoms with van der Waals surface area (Å²) in [5.74, 6) is -0.160. The van der Waals surface area contributed by atoms with Crippen LogP contribution in [0.3, 0.4) is 0 Å². The predicted octanol–water partition coefficient (Wildman–Crippen LogP) is 3.15. The molecule has 0 spiro atoms. The van der Waals surface area contributed by atoms with E-state index in [2.05, 4.69) is 10.6 Å². The van der Waals surface area contributed by atoms with Gasteiger partial charge in [0.05, 0.1) is 5.02 Å². The van der Waals surface area contributed by atoms with Crippen LogP contribution in [0.4, 0.5) is 14.9 Å². The van der Waals surface area contributed by atoms with Crippen molar-refractivity contribution in [1.29, 1.82) is 0 Å². The summed E-state index contributed by atoms with van der Waals surface area (Å²) in [6, 6.07) is 3.85. The molecule has 0 bridgehead atoms. The third-order valence-electron chi connectivity index (χ3n) is 3.62. The number of carbonyl (C=O) groups is 1. The van der Waals surface area contributed by atoms with Crippen LogP contribution >= 0.6 is 11.6 Å². The van der Waals surface area contributed by atoms with Gasteiger partial charge in [-0.2, -0.15) is 0 Å². The maximum Gasteiger partial charge on any atom is 0.319 e. The van der Waals surface area contributed by atoms with Crippen molar-refractivity contribution in [3.63, 3.8) is 0 Å². The maximum absolute atomic E-state index is 13.0. The van der Waals surface area contributed by atoms with E-state index < -0.39 is 5.82 Å². The number of hydrogen-bond donors (Lipinski definition) is 3. The van der Waals surface area contributed by atoms with E-state index in [1.165, 1.54) is 18.2 Å². The number of nitrogens with one attached hydrogen (secondary N) is 2. The quantitative estimate of drug-likeness (QED) is 0.803. The van der Waals surface area contributed by atoms with Gasteiger partial charge in [0.1, 0.15) is 5.82 Å². The van der Waals surface area contributed by atoms with E-state index in [1.54, 1.807) is 0 Å². The van der Waals surface area contributed by atoms with Crippen LogP contribution in [-0.2, 0) is 0 Å². The van der Waals surface area contributed by atoms with Gasteiger partial charge >= 0.3 is 6.03 Å². The highest BCUT2D eigenvalue weighted by Crippen LogP contribution is 2.24. The number of rotatable bonds is 3. The summed E-state index contributed by atoms with van der Waals surface area (Å²) < 4.78 is 13.0. The molecule has 0 heterocycles. The van der Waals surface area contributed by atoms with Gasteiger partial charge in [0, 0.05) is 18.3 Å². The van der Waals surface area contributed by atoms with Crippen LogP contribution in [0, 0.1) is 11.7 Å². The highest BCUT2D eigenvalue weighted by Gasteiger charge is 2.21. The van der Waals surface area contributed by atoms with E-state index in [1.807, 2.05) is 0 Å². The Morgan fingerprint density at radius 1 is 1.35 bits per heavy atom. The summed E-state index contributed by atoms with van der Waals surface area (Å²) >= 11 is 5.65. The van der Waals surface area contributed by atoms with Crippen molar-refractivity contribution in [2.75, 3.05) is 11.9 Å². The summed E-state index contributed by atoms with van der Waals surface area (Å²) in [4.78, 5) is 11.8. The number of benzene rings is 1. The molecule has 0 radical (unpaired) electrons. The average molecular weight is 301 g/mol. The second-order valence-electron chi connectivity index (χ2n) is 5.13. The van der Waals surface area contributed by atoms with E-state index in [4.69, 9.17) is 16.7 Å². The lowest BCUT2D eigenvalue weighted by molar-refractivity contribution is 0.176. The molecule has 2 rings (SSSR count). The smallest absolute Gasteiger partial charge is 0.319 e. The molecule has 2 amide bonds. The maximum atomic E-state index is 13.0. The Bertz CT molecular complexity index is 476. The third kappa shape index (κ3) is 4.08. The van der Waals surface area contributed by atoms with Crippen molar-refractivity contribution in [1.82, 2.24) is 5.32 Å². The first kappa shape index (κ1) is 15.1. The van der Waals surface area contributed by atoms with Crippen LogP contribution in [0.2, 0.25) is 5.02 Å². The summed E-state index contributed by atoms with van der Waals surface area (Å²) in [6.07, 6.45) is 3.57. The molecule has 20 heavy (non-hydrogen) atoms. The van der Waals surface area contributed by atoms with Crippen molar-refractivity contribution in [3.05, 3.63) is 29.0 Å². The minimum absolute atomic E-state index is 0.0220. The fourth-order valence-corrected chi connectivity index (χ4v) is 2.60. The number of aliphatic hydroxyl groups excluding tert-OH is 1. The molecule has 3 N–H and O–H groups in total. The van der Waals surface area contributed by atoms with Crippen molar-refractivity contribution in [2.45, 2.75) is 31.7 Å². The van der Waals surface area contributed by atoms with Gasteiger partial charge in [-0.25, -0.2) is 9.18 Å². The van der Waals surface area contributed by atoms with Crippen LogP contribution in [0.25, 0.3) is 0 Å². The Labute approximate surface area is 122 Å². The topological polar surface area (TPSA) is 61.4 Å². The zero-order chi connectivity index (χ0) is 14.5. The van der Waals surface area contributed by atoms with Gasteiger partial charge in [0.25, 0.3) is 0 Å². The second-order valence-corrected chi connectivity index (χ2v) is 5.53. The minimum Gasteiger partial charge on any atom is -0.396 e. The predicted molar refractivity (Wildman–Crippen MR) is 76.4 cm³/mol. The molecule has 0 saturated heterocycles. The van der Waals surface area contributed by atoms with E-state index >= 15 is 0 Å². The van der Waals surface area contributed by atoms with Gasteiger partial charge in [-0.3, -0.25) is 0 Å². The van der Waals surface area contributed by atoms with E-state index in [9.17, 15) is 9.18 Å². The number of halogens is 2. The summed E-state index contributed by atoms with van der Waals surface area (Å²) in [6.45, 7) is 0.215. The monoisotopic (exact) mass is 300 g/mol. The van der Waals surface area contributed by atoms with Gasteiger partial charge in [0.15, 0.2) is 0 Å². The molecule has 1 aromatic carbocycles. The van der Waals surface area contributed by atoms with Crippen molar-refractivity contribution in [3.8, 4) is 0 Å². The largest absolute Gasteiger partial charge is 0.396 e.